The number of aromatic nitrogens is 2. The first-order valence-electron chi connectivity index (χ1n) is 18.6. The molecule has 0 saturated heterocycles. The molecule has 0 radical (unpaired) electrons. The highest BCUT2D eigenvalue weighted by Crippen LogP contribution is 2.44. The number of fused-ring (bicyclic) bond motifs is 6. The number of furan rings is 1. The molecule has 3 nitrogen and oxygen atoms in total. The SMILES string of the molecule is c1ccc(-c2nc(-c3ccc(-c4ccc(-c5c6ccccc6cc6c5ccc5ccccc56)c5ccccc45)cc3)cc(-c3cc4ccccc4o3)n2)cc1. The van der Waals surface area contributed by atoms with Crippen LogP contribution in [0, 0.1) is 0 Å². The van der Waals surface area contributed by atoms with Gasteiger partial charge in [0.05, 0.1) is 5.69 Å². The van der Waals surface area contributed by atoms with E-state index >= 15 is 0 Å². The van der Waals surface area contributed by atoms with Crippen molar-refractivity contribution >= 4 is 54.1 Å². The summed E-state index contributed by atoms with van der Waals surface area (Å²) in [4.78, 5) is 10.0. The first kappa shape index (κ1) is 31.2. The molecule has 0 aliphatic carbocycles. The largest absolute Gasteiger partial charge is 0.454 e. The summed E-state index contributed by atoms with van der Waals surface area (Å²) in [5, 5.41) is 11.1. The van der Waals surface area contributed by atoms with E-state index in [0.29, 0.717) is 5.82 Å². The van der Waals surface area contributed by atoms with Gasteiger partial charge in [0.2, 0.25) is 0 Å². The lowest BCUT2D eigenvalue weighted by molar-refractivity contribution is 0.628. The minimum absolute atomic E-state index is 0.660. The van der Waals surface area contributed by atoms with Gasteiger partial charge in [0.1, 0.15) is 11.3 Å². The van der Waals surface area contributed by atoms with E-state index in [1.54, 1.807) is 0 Å². The Morgan fingerprint density at radius 3 is 1.75 bits per heavy atom. The summed E-state index contributed by atoms with van der Waals surface area (Å²) in [6.07, 6.45) is 0. The van der Waals surface area contributed by atoms with Gasteiger partial charge >= 0.3 is 0 Å². The van der Waals surface area contributed by atoms with Crippen molar-refractivity contribution < 1.29 is 4.42 Å². The second-order valence-electron chi connectivity index (χ2n) is 14.1. The van der Waals surface area contributed by atoms with Crippen LogP contribution >= 0.6 is 0 Å². The molecule has 9 aromatic carbocycles. The summed E-state index contributed by atoms with van der Waals surface area (Å²) in [6, 6.07) is 68.8. The number of hydrogen-bond acceptors (Lipinski definition) is 3. The van der Waals surface area contributed by atoms with Crippen LogP contribution < -0.4 is 0 Å². The maximum Gasteiger partial charge on any atom is 0.160 e. The Balaban J connectivity index is 1.04. The second-order valence-corrected chi connectivity index (χ2v) is 14.1. The Bertz CT molecular complexity index is 3220. The predicted octanol–water partition coefficient (Wildman–Crippen LogP) is 14.2. The molecule has 11 rings (SSSR count). The number of benzene rings is 9. The summed E-state index contributed by atoms with van der Waals surface area (Å²) in [7, 11) is 0. The lowest BCUT2D eigenvalue weighted by Crippen LogP contribution is -1.95. The number of para-hydroxylation sites is 1. The molecule has 0 fully saturated rings. The predicted molar refractivity (Wildman–Crippen MR) is 229 cm³/mol. The van der Waals surface area contributed by atoms with Gasteiger partial charge in [0.25, 0.3) is 0 Å². The fourth-order valence-corrected chi connectivity index (χ4v) is 8.25. The molecule has 0 saturated carbocycles. The highest BCUT2D eigenvalue weighted by atomic mass is 16.3. The molecule has 0 aliphatic rings. The van der Waals surface area contributed by atoms with E-state index in [2.05, 4.69) is 140 Å². The average Bonchev–Trinajstić information content (AvgIpc) is 3.70. The zero-order valence-corrected chi connectivity index (χ0v) is 29.8. The third-order valence-corrected chi connectivity index (χ3v) is 10.9. The van der Waals surface area contributed by atoms with Gasteiger partial charge in [-0.25, -0.2) is 9.97 Å². The highest BCUT2D eigenvalue weighted by Gasteiger charge is 2.18. The van der Waals surface area contributed by atoms with E-state index < -0.39 is 0 Å². The van der Waals surface area contributed by atoms with Gasteiger partial charge in [-0.05, 0) is 89.6 Å². The van der Waals surface area contributed by atoms with Gasteiger partial charge in [-0.3, -0.25) is 0 Å². The van der Waals surface area contributed by atoms with Crippen LogP contribution in [0.2, 0.25) is 0 Å². The molecule has 2 aromatic heterocycles. The smallest absolute Gasteiger partial charge is 0.160 e. The molecule has 55 heavy (non-hydrogen) atoms. The van der Waals surface area contributed by atoms with Crippen LogP contribution in [0.5, 0.6) is 0 Å². The van der Waals surface area contributed by atoms with E-state index in [-0.39, 0.29) is 0 Å². The van der Waals surface area contributed by atoms with Crippen LogP contribution in [0.15, 0.2) is 199 Å². The van der Waals surface area contributed by atoms with Crippen LogP contribution in [0.3, 0.4) is 0 Å². The standard InChI is InChI=1S/C52H32N2O/c1-2-13-36(14-3-1)52-53-47(32-48(54-52)50-31-38-16-6-11-21-49(38)55-50)35-24-22-34(23-25-35)40-28-29-44(43-20-10-9-19-42(40)43)51-41-18-8-5-15-37(41)30-46-39-17-7-4-12-33(39)26-27-45(46)51/h1-32H. The van der Waals surface area contributed by atoms with Gasteiger partial charge < -0.3 is 4.42 Å². The Labute approximate surface area is 317 Å². The first-order valence-corrected chi connectivity index (χ1v) is 18.6. The van der Waals surface area contributed by atoms with Gasteiger partial charge in [0.15, 0.2) is 11.6 Å². The Morgan fingerprint density at radius 1 is 0.327 bits per heavy atom. The molecule has 0 aliphatic heterocycles. The third kappa shape index (κ3) is 5.28. The van der Waals surface area contributed by atoms with E-state index in [0.717, 1.165) is 44.8 Å². The summed E-state index contributed by atoms with van der Waals surface area (Å²) in [5.41, 5.74) is 9.24. The minimum atomic E-state index is 0.660. The van der Waals surface area contributed by atoms with Crippen LogP contribution in [0.25, 0.3) is 110 Å². The lowest BCUT2D eigenvalue weighted by Gasteiger charge is -2.17. The number of hydrogen-bond donors (Lipinski definition) is 0. The van der Waals surface area contributed by atoms with E-state index in [1.165, 1.54) is 59.8 Å². The molecule has 2 heterocycles. The molecule has 0 spiro atoms. The molecular weight excluding hydrogens is 669 g/mol. The van der Waals surface area contributed by atoms with Gasteiger partial charge in [-0.1, -0.05) is 170 Å². The fraction of sp³-hybridized carbons (Fsp3) is 0. The van der Waals surface area contributed by atoms with E-state index in [4.69, 9.17) is 14.4 Å². The average molecular weight is 701 g/mol. The zero-order valence-electron chi connectivity index (χ0n) is 29.8. The van der Waals surface area contributed by atoms with E-state index in [1.807, 2.05) is 54.6 Å². The second kappa shape index (κ2) is 12.6. The molecule has 0 bridgehead atoms. The van der Waals surface area contributed by atoms with Crippen LogP contribution in [0.4, 0.5) is 0 Å². The Kier molecular flexibility index (Phi) is 7.17. The molecule has 0 amide bonds. The van der Waals surface area contributed by atoms with Crippen molar-refractivity contribution in [3.8, 4) is 56.4 Å². The minimum Gasteiger partial charge on any atom is -0.454 e. The van der Waals surface area contributed by atoms with Crippen molar-refractivity contribution in [3.63, 3.8) is 0 Å². The fourth-order valence-electron chi connectivity index (χ4n) is 8.25. The van der Waals surface area contributed by atoms with Gasteiger partial charge in [0, 0.05) is 16.5 Å². The molecule has 3 heteroatoms. The van der Waals surface area contributed by atoms with Crippen molar-refractivity contribution in [2.45, 2.75) is 0 Å². The molecule has 11 aromatic rings. The topological polar surface area (TPSA) is 38.9 Å². The van der Waals surface area contributed by atoms with Crippen molar-refractivity contribution in [2.24, 2.45) is 0 Å². The zero-order chi connectivity index (χ0) is 36.3. The van der Waals surface area contributed by atoms with Crippen molar-refractivity contribution in [3.05, 3.63) is 194 Å². The summed E-state index contributed by atoms with van der Waals surface area (Å²) < 4.78 is 6.27. The summed E-state index contributed by atoms with van der Waals surface area (Å²) in [6.45, 7) is 0. The van der Waals surface area contributed by atoms with Gasteiger partial charge in [-0.2, -0.15) is 0 Å². The maximum absolute atomic E-state index is 6.27. The third-order valence-electron chi connectivity index (χ3n) is 10.9. The molecule has 256 valence electrons. The maximum atomic E-state index is 6.27. The Hall–Kier alpha value is -7.36. The van der Waals surface area contributed by atoms with Crippen LogP contribution in [0.1, 0.15) is 0 Å². The van der Waals surface area contributed by atoms with Crippen molar-refractivity contribution in [1.82, 2.24) is 9.97 Å². The number of rotatable bonds is 5. The van der Waals surface area contributed by atoms with Crippen molar-refractivity contribution in [2.75, 3.05) is 0 Å². The highest BCUT2D eigenvalue weighted by molar-refractivity contribution is 6.23. The van der Waals surface area contributed by atoms with Crippen molar-refractivity contribution in [1.29, 1.82) is 0 Å². The first-order chi connectivity index (χ1) is 27.2. The Morgan fingerprint density at radius 2 is 0.945 bits per heavy atom. The normalized spacial score (nSPS) is 11.6. The molecule has 0 N–H and O–H groups in total. The van der Waals surface area contributed by atoms with Crippen LogP contribution in [-0.4, -0.2) is 9.97 Å². The van der Waals surface area contributed by atoms with Crippen LogP contribution in [-0.2, 0) is 0 Å². The molecule has 0 atom stereocenters. The molecule has 0 unspecified atom stereocenters. The van der Waals surface area contributed by atoms with Gasteiger partial charge in [-0.15, -0.1) is 0 Å². The molecular formula is C52H32N2O. The quantitative estimate of drug-likeness (QED) is 0.133. The summed E-state index contributed by atoms with van der Waals surface area (Å²) >= 11 is 0. The van der Waals surface area contributed by atoms with E-state index in [9.17, 15) is 0 Å². The number of nitrogens with zero attached hydrogens (tertiary/aromatic N) is 2. The monoisotopic (exact) mass is 700 g/mol. The summed E-state index contributed by atoms with van der Waals surface area (Å²) in [5.74, 6) is 1.38. The lowest BCUT2D eigenvalue weighted by atomic mass is 9.86.